The molecule has 0 saturated heterocycles. The Morgan fingerprint density at radius 3 is 2.33 bits per heavy atom. The van der Waals surface area contributed by atoms with E-state index in [2.05, 4.69) is 24.1 Å². The number of hydrogen-bond donors (Lipinski definition) is 1. The Bertz CT molecular complexity index is 476. The van der Waals surface area contributed by atoms with Gasteiger partial charge in [0.15, 0.2) is 5.69 Å². The van der Waals surface area contributed by atoms with Crippen LogP contribution in [0.15, 0.2) is 33.7 Å². The van der Waals surface area contributed by atoms with Gasteiger partial charge in [0, 0.05) is 12.1 Å². The van der Waals surface area contributed by atoms with Gasteiger partial charge < -0.3 is 18.9 Å². The van der Waals surface area contributed by atoms with Gasteiger partial charge in [-0.25, -0.2) is 4.79 Å². The number of carbonyl (C=O) groups excluding carboxylic acids is 1. The number of methoxy groups -OCH3 is 1. The van der Waals surface area contributed by atoms with Gasteiger partial charge in [-0.1, -0.05) is 10.3 Å². The van der Waals surface area contributed by atoms with Crippen molar-refractivity contribution in [1.29, 1.82) is 0 Å². The minimum atomic E-state index is -1.07. The first kappa shape index (κ1) is 13.4. The zero-order valence-electron chi connectivity index (χ0n) is 9.40. The summed E-state index contributed by atoms with van der Waals surface area (Å²) in [6.07, 6.45) is 2.80. The number of aromatic nitrogens is 2. The van der Waals surface area contributed by atoms with Crippen LogP contribution in [0.2, 0.25) is 0 Å². The monoisotopic (exact) mass is 254 g/mol. The highest BCUT2D eigenvalue weighted by molar-refractivity contribution is 5.84. The van der Waals surface area contributed by atoms with Crippen molar-refractivity contribution in [3.05, 3.63) is 36.0 Å². The third-order valence-corrected chi connectivity index (χ3v) is 1.70. The van der Waals surface area contributed by atoms with Gasteiger partial charge in [-0.3, -0.25) is 4.79 Å². The van der Waals surface area contributed by atoms with Crippen LogP contribution in [-0.4, -0.2) is 34.5 Å². The quantitative estimate of drug-likeness (QED) is 0.798. The molecule has 0 aliphatic heterocycles. The van der Waals surface area contributed by atoms with E-state index in [9.17, 15) is 9.59 Å². The fourth-order valence-electron chi connectivity index (χ4n) is 0.872. The average molecular weight is 254 g/mol. The van der Waals surface area contributed by atoms with Gasteiger partial charge in [-0.2, -0.15) is 0 Å². The minimum Gasteiger partial charge on any atom is -0.476 e. The molecular weight excluding hydrogens is 244 g/mol. The molecule has 8 heteroatoms. The topological polar surface area (TPSA) is 116 Å². The number of hydrogen-bond acceptors (Lipinski definition) is 7. The predicted octanol–water partition coefficient (Wildman–Crippen LogP) is 0.763. The van der Waals surface area contributed by atoms with Crippen LogP contribution < -0.4 is 0 Å². The molecule has 0 aromatic carbocycles. The molecular formula is C10H10N2O6. The van der Waals surface area contributed by atoms with Crippen molar-refractivity contribution in [1.82, 2.24) is 10.3 Å². The van der Waals surface area contributed by atoms with Gasteiger partial charge in [0.05, 0.1) is 19.2 Å². The maximum absolute atomic E-state index is 10.6. The van der Waals surface area contributed by atoms with E-state index >= 15 is 0 Å². The van der Waals surface area contributed by atoms with Gasteiger partial charge in [-0.05, 0) is 0 Å². The highest BCUT2D eigenvalue weighted by Crippen LogP contribution is 1.95. The third kappa shape index (κ3) is 4.47. The molecule has 0 aliphatic carbocycles. The molecule has 1 N–H and O–H groups in total. The molecule has 0 unspecified atom stereocenters. The summed E-state index contributed by atoms with van der Waals surface area (Å²) >= 11 is 0. The number of rotatable bonds is 3. The SMILES string of the molecule is COC(=O)Cc1ccon1.O=C(O)c1ccon1. The molecule has 2 aromatic heterocycles. The van der Waals surface area contributed by atoms with Gasteiger partial charge in [0.2, 0.25) is 0 Å². The Morgan fingerprint density at radius 2 is 1.94 bits per heavy atom. The van der Waals surface area contributed by atoms with E-state index in [1.165, 1.54) is 25.7 Å². The first-order chi connectivity index (χ1) is 8.63. The number of ether oxygens (including phenoxy) is 1. The van der Waals surface area contributed by atoms with Crippen molar-refractivity contribution in [2.24, 2.45) is 0 Å². The van der Waals surface area contributed by atoms with Gasteiger partial charge in [0.1, 0.15) is 12.5 Å². The van der Waals surface area contributed by atoms with Crippen molar-refractivity contribution < 1.29 is 28.5 Å². The van der Waals surface area contributed by atoms with Crippen LogP contribution >= 0.6 is 0 Å². The molecule has 0 saturated carbocycles. The van der Waals surface area contributed by atoms with Crippen LogP contribution in [0.25, 0.3) is 0 Å². The molecule has 0 atom stereocenters. The first-order valence-corrected chi connectivity index (χ1v) is 4.73. The number of esters is 1. The van der Waals surface area contributed by atoms with Crippen molar-refractivity contribution in [2.45, 2.75) is 6.42 Å². The molecule has 0 fully saturated rings. The van der Waals surface area contributed by atoms with Crippen LogP contribution in [-0.2, 0) is 16.0 Å². The van der Waals surface area contributed by atoms with Crippen molar-refractivity contribution >= 4 is 11.9 Å². The van der Waals surface area contributed by atoms with Crippen molar-refractivity contribution in [3.8, 4) is 0 Å². The Labute approximate surface area is 101 Å². The minimum absolute atomic E-state index is 0.0648. The van der Waals surface area contributed by atoms with E-state index in [1.54, 1.807) is 6.07 Å². The normalized spacial score (nSPS) is 9.17. The molecule has 2 aromatic rings. The van der Waals surface area contributed by atoms with E-state index < -0.39 is 5.97 Å². The molecule has 0 amide bonds. The maximum atomic E-state index is 10.6. The van der Waals surface area contributed by atoms with E-state index in [0.29, 0.717) is 5.69 Å². The Hall–Kier alpha value is -2.64. The summed E-state index contributed by atoms with van der Waals surface area (Å²) in [7, 11) is 1.34. The lowest BCUT2D eigenvalue weighted by atomic mass is 10.3. The number of carboxylic acids is 1. The average Bonchev–Trinajstić information content (AvgIpc) is 3.02. The molecule has 96 valence electrons. The molecule has 0 spiro atoms. The number of nitrogens with zero attached hydrogens (tertiary/aromatic N) is 2. The lowest BCUT2D eigenvalue weighted by Crippen LogP contribution is -2.04. The standard InChI is InChI=1S/C6H7NO3.C4H3NO3/c1-9-6(8)4-5-2-3-10-7-5;6-4(7)3-1-2-8-5-3/h2-3H,4H2,1H3;1-2H,(H,6,7). The van der Waals surface area contributed by atoms with Crippen LogP contribution in [0.4, 0.5) is 0 Å². The zero-order chi connectivity index (χ0) is 13.4. The molecule has 2 rings (SSSR count). The number of carboxylic acid groups (broad SMARTS) is 1. The molecule has 0 aliphatic rings. The van der Waals surface area contributed by atoms with E-state index in [1.807, 2.05) is 0 Å². The molecule has 0 radical (unpaired) electrons. The van der Waals surface area contributed by atoms with Crippen LogP contribution in [0.5, 0.6) is 0 Å². The van der Waals surface area contributed by atoms with Gasteiger partial charge in [-0.15, -0.1) is 0 Å². The second-order valence-electron chi connectivity index (χ2n) is 2.93. The maximum Gasteiger partial charge on any atom is 0.358 e. The molecule has 2 heterocycles. The summed E-state index contributed by atoms with van der Waals surface area (Å²) in [4.78, 5) is 20.5. The second kappa shape index (κ2) is 6.84. The van der Waals surface area contributed by atoms with E-state index in [0.717, 1.165) is 0 Å². The largest absolute Gasteiger partial charge is 0.476 e. The summed E-state index contributed by atoms with van der Waals surface area (Å²) < 4.78 is 13.1. The smallest absolute Gasteiger partial charge is 0.358 e. The van der Waals surface area contributed by atoms with Crippen molar-refractivity contribution in [2.75, 3.05) is 7.11 Å². The first-order valence-electron chi connectivity index (χ1n) is 4.73. The molecule has 18 heavy (non-hydrogen) atoms. The number of carbonyl (C=O) groups is 2. The molecule has 0 bridgehead atoms. The van der Waals surface area contributed by atoms with E-state index in [-0.39, 0.29) is 18.1 Å². The second-order valence-corrected chi connectivity index (χ2v) is 2.93. The zero-order valence-corrected chi connectivity index (χ0v) is 9.40. The summed E-state index contributed by atoms with van der Waals surface area (Å²) in [5.41, 5.74) is 0.525. The summed E-state index contributed by atoms with van der Waals surface area (Å²) in [6.45, 7) is 0. The summed E-state index contributed by atoms with van der Waals surface area (Å²) in [5, 5.41) is 14.8. The Balaban J connectivity index is 0.000000184. The van der Waals surface area contributed by atoms with Gasteiger partial charge in [0.25, 0.3) is 0 Å². The summed E-state index contributed by atoms with van der Waals surface area (Å²) in [6, 6.07) is 2.90. The third-order valence-electron chi connectivity index (χ3n) is 1.70. The predicted molar refractivity (Wildman–Crippen MR) is 55.7 cm³/mol. The van der Waals surface area contributed by atoms with Crippen LogP contribution in [0, 0.1) is 0 Å². The Morgan fingerprint density at radius 1 is 1.28 bits per heavy atom. The fraction of sp³-hybridized carbons (Fsp3) is 0.200. The lowest BCUT2D eigenvalue weighted by molar-refractivity contribution is -0.139. The Kier molecular flexibility index (Phi) is 5.10. The van der Waals surface area contributed by atoms with Gasteiger partial charge >= 0.3 is 11.9 Å². The van der Waals surface area contributed by atoms with E-state index in [4.69, 9.17) is 5.11 Å². The van der Waals surface area contributed by atoms with Crippen LogP contribution in [0.3, 0.4) is 0 Å². The lowest BCUT2D eigenvalue weighted by Gasteiger charge is -1.91. The summed E-state index contributed by atoms with van der Waals surface area (Å²) in [5.74, 6) is -1.38. The van der Waals surface area contributed by atoms with Crippen molar-refractivity contribution in [3.63, 3.8) is 0 Å². The highest BCUT2D eigenvalue weighted by atomic mass is 16.5. The number of aromatic carboxylic acids is 1. The van der Waals surface area contributed by atoms with Crippen LogP contribution in [0.1, 0.15) is 16.2 Å². The highest BCUT2D eigenvalue weighted by Gasteiger charge is 2.04. The fourth-order valence-corrected chi connectivity index (χ4v) is 0.872. The molecule has 8 nitrogen and oxygen atoms in total.